The number of ether oxygens (including phenoxy) is 2. The van der Waals surface area contributed by atoms with Crippen molar-refractivity contribution < 1.29 is 9.47 Å². The highest BCUT2D eigenvalue weighted by Crippen LogP contribution is 2.43. The third-order valence-electron chi connectivity index (χ3n) is 7.50. The van der Waals surface area contributed by atoms with Crippen LogP contribution in [0.4, 0.5) is 5.82 Å². The Hall–Kier alpha value is -2.64. The number of nitrogens with one attached hydrogen (secondary N) is 2. The van der Waals surface area contributed by atoms with Gasteiger partial charge in [-0.15, -0.1) is 0 Å². The molecule has 5 heterocycles. The van der Waals surface area contributed by atoms with Crippen LogP contribution in [0.1, 0.15) is 48.9 Å². The van der Waals surface area contributed by atoms with Gasteiger partial charge in [0.25, 0.3) is 0 Å². The molecule has 7 rings (SSSR count). The van der Waals surface area contributed by atoms with Crippen molar-refractivity contribution in [3.05, 3.63) is 47.9 Å². The van der Waals surface area contributed by atoms with Crippen molar-refractivity contribution in [2.75, 3.05) is 25.1 Å². The van der Waals surface area contributed by atoms with Gasteiger partial charge in [-0.3, -0.25) is 4.90 Å². The van der Waals surface area contributed by atoms with E-state index in [0.29, 0.717) is 24.7 Å². The lowest BCUT2D eigenvalue weighted by molar-refractivity contribution is 0.0745. The van der Waals surface area contributed by atoms with Gasteiger partial charge < -0.3 is 19.8 Å². The fourth-order valence-electron chi connectivity index (χ4n) is 5.79. The molecule has 7 nitrogen and oxygen atoms in total. The number of aromatic nitrogens is 3. The van der Waals surface area contributed by atoms with Crippen molar-refractivity contribution in [1.82, 2.24) is 19.9 Å². The maximum atomic E-state index is 6.23. The second-order valence-electron chi connectivity index (χ2n) is 9.31. The zero-order chi connectivity index (χ0) is 20.4. The number of hydrogen-bond acceptors (Lipinski definition) is 6. The molecule has 3 aliphatic heterocycles. The molecule has 0 amide bonds. The van der Waals surface area contributed by atoms with Crippen LogP contribution < -0.4 is 10.1 Å². The molecule has 4 atom stereocenters. The van der Waals surface area contributed by atoms with Gasteiger partial charge in [0.15, 0.2) is 0 Å². The van der Waals surface area contributed by atoms with Crippen molar-refractivity contribution in [3.8, 4) is 5.75 Å². The summed E-state index contributed by atoms with van der Waals surface area (Å²) in [5.74, 6) is 2.52. The SMILES string of the molecule is c1ccc2c(c1)OC[C@H](N1CC[C@@H]3OCC[C@@H]31)[C@H]2Nc1ncnc2[nH]c(C3CC3)cc12. The van der Waals surface area contributed by atoms with Crippen molar-refractivity contribution in [1.29, 1.82) is 0 Å². The molecule has 3 fully saturated rings. The number of benzene rings is 1. The summed E-state index contributed by atoms with van der Waals surface area (Å²) in [4.78, 5) is 15.3. The van der Waals surface area contributed by atoms with Crippen LogP contribution in [0.2, 0.25) is 0 Å². The fourth-order valence-corrected chi connectivity index (χ4v) is 5.79. The highest BCUT2D eigenvalue weighted by molar-refractivity contribution is 5.88. The van der Waals surface area contributed by atoms with E-state index < -0.39 is 0 Å². The van der Waals surface area contributed by atoms with Crippen molar-refractivity contribution >= 4 is 16.9 Å². The summed E-state index contributed by atoms with van der Waals surface area (Å²) in [6.45, 7) is 2.60. The molecule has 160 valence electrons. The van der Waals surface area contributed by atoms with Crippen LogP contribution in [-0.2, 0) is 4.74 Å². The van der Waals surface area contributed by atoms with Crippen LogP contribution in [0, 0.1) is 0 Å². The van der Waals surface area contributed by atoms with E-state index in [1.54, 1.807) is 6.33 Å². The largest absolute Gasteiger partial charge is 0.491 e. The molecule has 0 radical (unpaired) electrons. The van der Waals surface area contributed by atoms with Gasteiger partial charge in [-0.25, -0.2) is 9.97 Å². The summed E-state index contributed by atoms with van der Waals surface area (Å²) in [6, 6.07) is 11.5. The van der Waals surface area contributed by atoms with E-state index in [2.05, 4.69) is 49.4 Å². The molecule has 4 aliphatic rings. The molecule has 1 aromatic carbocycles. The molecule has 0 unspecified atom stereocenters. The minimum Gasteiger partial charge on any atom is -0.491 e. The van der Waals surface area contributed by atoms with Crippen LogP contribution in [0.3, 0.4) is 0 Å². The quantitative estimate of drug-likeness (QED) is 0.676. The second kappa shape index (κ2) is 6.93. The summed E-state index contributed by atoms with van der Waals surface area (Å²) in [7, 11) is 0. The van der Waals surface area contributed by atoms with Gasteiger partial charge >= 0.3 is 0 Å². The van der Waals surface area contributed by atoms with Crippen molar-refractivity contribution in [2.24, 2.45) is 0 Å². The molecule has 31 heavy (non-hydrogen) atoms. The van der Waals surface area contributed by atoms with Crippen molar-refractivity contribution in [3.63, 3.8) is 0 Å². The molecule has 2 aromatic heterocycles. The lowest BCUT2D eigenvalue weighted by Gasteiger charge is -2.41. The van der Waals surface area contributed by atoms with E-state index in [-0.39, 0.29) is 12.1 Å². The van der Waals surface area contributed by atoms with Crippen LogP contribution in [0.5, 0.6) is 5.75 Å². The molecular weight excluding hydrogens is 390 g/mol. The van der Waals surface area contributed by atoms with Gasteiger partial charge in [-0.2, -0.15) is 0 Å². The molecular formula is C24H27N5O2. The number of fused-ring (bicyclic) bond motifs is 3. The monoisotopic (exact) mass is 417 g/mol. The minimum atomic E-state index is 0.0988. The predicted molar refractivity (Wildman–Crippen MR) is 117 cm³/mol. The minimum absolute atomic E-state index is 0.0988. The second-order valence-corrected chi connectivity index (χ2v) is 9.31. The molecule has 0 spiro atoms. The van der Waals surface area contributed by atoms with E-state index in [1.165, 1.54) is 24.1 Å². The summed E-state index contributed by atoms with van der Waals surface area (Å²) < 4.78 is 12.2. The number of H-pyrrole nitrogens is 1. The zero-order valence-electron chi connectivity index (χ0n) is 17.5. The van der Waals surface area contributed by atoms with E-state index in [0.717, 1.165) is 48.6 Å². The van der Waals surface area contributed by atoms with Gasteiger partial charge in [0.2, 0.25) is 0 Å². The normalized spacial score (nSPS) is 30.2. The Morgan fingerprint density at radius 2 is 2.00 bits per heavy atom. The van der Waals surface area contributed by atoms with Gasteiger partial charge in [0.1, 0.15) is 30.1 Å². The Balaban J connectivity index is 1.28. The lowest BCUT2D eigenvalue weighted by Crippen LogP contribution is -2.50. The standard InChI is InChI=1S/C24H27N5O2/c1-2-4-20-15(3-1)22(19(12-31-20)29-9-7-21-18(29)8-10-30-21)28-24-16-11-17(14-5-6-14)27-23(16)25-13-26-24/h1-4,11,13-14,18-19,21-22H,5-10,12H2,(H2,25,26,27,28)/t18-,19-,21-,22-/m0/s1. The Bertz CT molecular complexity index is 1130. The first-order chi connectivity index (χ1) is 15.3. The molecule has 2 saturated heterocycles. The maximum Gasteiger partial charge on any atom is 0.143 e. The highest BCUT2D eigenvalue weighted by atomic mass is 16.5. The molecule has 2 N–H and O–H groups in total. The molecule has 3 aromatic rings. The van der Waals surface area contributed by atoms with Gasteiger partial charge in [-0.05, 0) is 43.7 Å². The smallest absolute Gasteiger partial charge is 0.143 e. The van der Waals surface area contributed by atoms with E-state index in [1.807, 2.05) is 6.07 Å². The number of likely N-dealkylation sites (tertiary alicyclic amines) is 1. The Kier molecular flexibility index (Phi) is 4.02. The Morgan fingerprint density at radius 1 is 1.06 bits per heavy atom. The number of anilines is 1. The number of nitrogens with zero attached hydrogens (tertiary/aromatic N) is 3. The van der Waals surface area contributed by atoms with E-state index in [9.17, 15) is 0 Å². The summed E-state index contributed by atoms with van der Waals surface area (Å²) in [5, 5.41) is 4.91. The molecule has 7 heteroatoms. The van der Waals surface area contributed by atoms with E-state index in [4.69, 9.17) is 9.47 Å². The highest BCUT2D eigenvalue weighted by Gasteiger charge is 2.46. The topological polar surface area (TPSA) is 75.3 Å². The number of aromatic amines is 1. The third kappa shape index (κ3) is 2.94. The fraction of sp³-hybridized carbons (Fsp3) is 0.500. The molecule has 1 saturated carbocycles. The first-order valence-corrected chi connectivity index (χ1v) is 11.5. The predicted octanol–water partition coefficient (Wildman–Crippen LogP) is 3.61. The average Bonchev–Trinajstić information content (AvgIpc) is 3.19. The summed E-state index contributed by atoms with van der Waals surface area (Å²) >= 11 is 0. The third-order valence-corrected chi connectivity index (χ3v) is 7.50. The average molecular weight is 418 g/mol. The maximum absolute atomic E-state index is 6.23. The first-order valence-electron chi connectivity index (χ1n) is 11.5. The van der Waals surface area contributed by atoms with Gasteiger partial charge in [0, 0.05) is 30.5 Å². The molecule has 1 aliphatic carbocycles. The number of hydrogen-bond donors (Lipinski definition) is 2. The number of para-hydroxylation sites is 1. The summed E-state index contributed by atoms with van der Waals surface area (Å²) in [6.07, 6.45) is 6.77. The van der Waals surface area contributed by atoms with E-state index >= 15 is 0 Å². The van der Waals surface area contributed by atoms with Crippen LogP contribution in [0.15, 0.2) is 36.7 Å². The Labute approximate surface area is 181 Å². The van der Waals surface area contributed by atoms with Gasteiger partial charge in [0.05, 0.1) is 23.6 Å². The van der Waals surface area contributed by atoms with Crippen molar-refractivity contribution in [2.45, 2.75) is 55.8 Å². The van der Waals surface area contributed by atoms with Crippen LogP contribution in [-0.4, -0.2) is 57.8 Å². The molecule has 0 bridgehead atoms. The van der Waals surface area contributed by atoms with Crippen LogP contribution in [0.25, 0.3) is 11.0 Å². The summed E-state index contributed by atoms with van der Waals surface area (Å²) in [5.41, 5.74) is 3.40. The first kappa shape index (κ1) is 18.0. The van der Waals surface area contributed by atoms with Crippen LogP contribution >= 0.6 is 0 Å². The zero-order valence-corrected chi connectivity index (χ0v) is 17.5. The lowest BCUT2D eigenvalue weighted by atomic mass is 9.94. The van der Waals surface area contributed by atoms with Gasteiger partial charge in [-0.1, -0.05) is 18.2 Å². The Morgan fingerprint density at radius 3 is 2.94 bits per heavy atom. The number of rotatable bonds is 4.